The quantitative estimate of drug-likeness (QED) is 0.650. The fraction of sp³-hybridized carbons (Fsp3) is 0.571. The number of benzene rings is 1. The molecule has 0 heterocycles. The third-order valence-corrected chi connectivity index (χ3v) is 5.27. The summed E-state index contributed by atoms with van der Waals surface area (Å²) in [6, 6.07) is 7.59. The number of nitrogens with zero attached hydrogens (tertiary/aromatic N) is 1. The Hall–Kier alpha value is -1.32. The minimum absolute atomic E-state index is 0.207. The van der Waals surface area contributed by atoms with E-state index in [9.17, 15) is 9.90 Å². The number of hydrogen-bond acceptors (Lipinski definition) is 3. The van der Waals surface area contributed by atoms with E-state index >= 15 is 0 Å². The lowest BCUT2D eigenvalue weighted by Gasteiger charge is -2.26. The van der Waals surface area contributed by atoms with Crippen molar-refractivity contribution in [3.05, 3.63) is 47.1 Å². The molecule has 25 heavy (non-hydrogen) atoms. The number of rotatable bonds is 8. The Balaban J connectivity index is 1.88. The topological polar surface area (TPSA) is 40.5 Å². The van der Waals surface area contributed by atoms with E-state index in [0.717, 1.165) is 18.4 Å². The molecular formula is C21H30ClNO2. The van der Waals surface area contributed by atoms with Crippen LogP contribution in [0.15, 0.2) is 36.5 Å². The van der Waals surface area contributed by atoms with Crippen molar-refractivity contribution in [1.82, 2.24) is 4.90 Å². The van der Waals surface area contributed by atoms with Crippen LogP contribution in [0.1, 0.15) is 64.0 Å². The van der Waals surface area contributed by atoms with Gasteiger partial charge in [0.25, 0.3) is 0 Å². The predicted molar refractivity (Wildman–Crippen MR) is 104 cm³/mol. The van der Waals surface area contributed by atoms with Gasteiger partial charge in [-0.3, -0.25) is 4.79 Å². The predicted octanol–water partition coefficient (Wildman–Crippen LogP) is 5.14. The molecule has 0 saturated heterocycles. The molecule has 1 aliphatic rings. The zero-order valence-corrected chi connectivity index (χ0v) is 16.1. The lowest BCUT2D eigenvalue weighted by Crippen LogP contribution is -2.28. The summed E-state index contributed by atoms with van der Waals surface area (Å²) in [4.78, 5) is 14.5. The summed E-state index contributed by atoms with van der Waals surface area (Å²) in [6.45, 7) is 4.91. The Kier molecular flexibility index (Phi) is 7.98. The van der Waals surface area contributed by atoms with Crippen molar-refractivity contribution in [1.29, 1.82) is 0 Å². The highest BCUT2D eigenvalue weighted by Gasteiger charge is 2.19. The van der Waals surface area contributed by atoms with Gasteiger partial charge in [-0.05, 0) is 56.9 Å². The molecule has 0 amide bonds. The molecular weight excluding hydrogens is 334 g/mol. The third kappa shape index (κ3) is 6.48. The van der Waals surface area contributed by atoms with E-state index in [1.54, 1.807) is 18.2 Å². The van der Waals surface area contributed by atoms with Crippen LogP contribution in [0.5, 0.6) is 0 Å². The first-order valence-electron chi connectivity index (χ1n) is 9.38. The summed E-state index contributed by atoms with van der Waals surface area (Å²) >= 11 is 5.89. The van der Waals surface area contributed by atoms with E-state index in [4.69, 9.17) is 11.6 Å². The van der Waals surface area contributed by atoms with Crippen molar-refractivity contribution in [2.75, 3.05) is 6.54 Å². The van der Waals surface area contributed by atoms with Gasteiger partial charge in [-0.25, -0.2) is 0 Å². The molecule has 0 bridgehead atoms. The van der Waals surface area contributed by atoms with Crippen LogP contribution in [0.25, 0.3) is 0 Å². The van der Waals surface area contributed by atoms with Crippen LogP contribution in [0, 0.1) is 5.92 Å². The van der Waals surface area contributed by atoms with E-state index < -0.39 is 6.10 Å². The van der Waals surface area contributed by atoms with Gasteiger partial charge in [0.15, 0.2) is 5.78 Å². The SMILES string of the molecule is CC(C)N(/C=C/C(=O)C1CCCCC1)CCC(O)c1ccc(Cl)cc1. The van der Waals surface area contributed by atoms with E-state index in [0.29, 0.717) is 18.0 Å². The number of carbonyl (C=O) groups excluding carboxylic acids is 1. The molecule has 0 radical (unpaired) electrons. The van der Waals surface area contributed by atoms with Crippen molar-refractivity contribution in [3.8, 4) is 0 Å². The highest BCUT2D eigenvalue weighted by atomic mass is 35.5. The second kappa shape index (κ2) is 9.98. The van der Waals surface area contributed by atoms with Gasteiger partial charge in [-0.1, -0.05) is 43.0 Å². The zero-order chi connectivity index (χ0) is 18.2. The second-order valence-electron chi connectivity index (χ2n) is 7.24. The highest BCUT2D eigenvalue weighted by Crippen LogP contribution is 2.25. The van der Waals surface area contributed by atoms with Gasteiger partial charge >= 0.3 is 0 Å². The molecule has 0 aromatic heterocycles. The number of aliphatic hydroxyl groups excluding tert-OH is 1. The van der Waals surface area contributed by atoms with Gasteiger partial charge in [0.05, 0.1) is 6.10 Å². The van der Waals surface area contributed by atoms with Crippen molar-refractivity contribution in [2.45, 2.75) is 64.5 Å². The van der Waals surface area contributed by atoms with Gasteiger partial charge < -0.3 is 10.0 Å². The number of carbonyl (C=O) groups is 1. The molecule has 1 aromatic carbocycles. The Bertz CT molecular complexity index is 562. The molecule has 1 atom stereocenters. The molecule has 2 rings (SSSR count). The average molecular weight is 364 g/mol. The molecule has 1 saturated carbocycles. The molecule has 1 fully saturated rings. The monoisotopic (exact) mass is 363 g/mol. The van der Waals surface area contributed by atoms with E-state index in [2.05, 4.69) is 18.7 Å². The smallest absolute Gasteiger partial charge is 0.160 e. The number of halogens is 1. The largest absolute Gasteiger partial charge is 0.388 e. The lowest BCUT2D eigenvalue weighted by atomic mass is 9.86. The highest BCUT2D eigenvalue weighted by molar-refractivity contribution is 6.30. The van der Waals surface area contributed by atoms with Crippen LogP contribution in [0.3, 0.4) is 0 Å². The summed E-state index contributed by atoms with van der Waals surface area (Å²) in [7, 11) is 0. The zero-order valence-electron chi connectivity index (χ0n) is 15.3. The van der Waals surface area contributed by atoms with Gasteiger partial charge in [-0.15, -0.1) is 0 Å². The van der Waals surface area contributed by atoms with Crippen molar-refractivity contribution < 1.29 is 9.90 Å². The molecule has 138 valence electrons. The Morgan fingerprint density at radius 2 is 1.88 bits per heavy atom. The number of hydrogen-bond donors (Lipinski definition) is 1. The van der Waals surface area contributed by atoms with Crippen LogP contribution in [-0.4, -0.2) is 28.4 Å². The van der Waals surface area contributed by atoms with Gasteiger partial charge in [0.2, 0.25) is 0 Å². The standard InChI is InChI=1S/C21H30ClNO2/c1-16(2)23(14-12-20(24)17-6-4-3-5-7-17)15-13-21(25)18-8-10-19(22)11-9-18/h8-12,14,16-17,21,25H,3-7,13,15H2,1-2H3/b14-12+. The Morgan fingerprint density at radius 1 is 1.24 bits per heavy atom. The van der Waals surface area contributed by atoms with Crippen LogP contribution >= 0.6 is 11.6 Å². The number of allylic oxidation sites excluding steroid dienone is 1. The fourth-order valence-corrected chi connectivity index (χ4v) is 3.45. The Morgan fingerprint density at radius 3 is 2.48 bits per heavy atom. The summed E-state index contributed by atoms with van der Waals surface area (Å²) < 4.78 is 0. The van der Waals surface area contributed by atoms with E-state index in [1.807, 2.05) is 18.3 Å². The first-order valence-corrected chi connectivity index (χ1v) is 9.76. The summed E-state index contributed by atoms with van der Waals surface area (Å²) in [5, 5.41) is 11.0. The second-order valence-corrected chi connectivity index (χ2v) is 7.68. The van der Waals surface area contributed by atoms with Crippen molar-refractivity contribution >= 4 is 17.4 Å². The number of aliphatic hydroxyl groups is 1. The first kappa shape index (κ1) is 20.0. The maximum Gasteiger partial charge on any atom is 0.160 e. The first-order chi connectivity index (χ1) is 12.0. The molecule has 4 heteroatoms. The normalized spacial score (nSPS) is 17.2. The van der Waals surface area contributed by atoms with Crippen molar-refractivity contribution in [2.24, 2.45) is 5.92 Å². The van der Waals surface area contributed by atoms with Crippen LogP contribution in [0.4, 0.5) is 0 Å². The van der Waals surface area contributed by atoms with E-state index in [1.165, 1.54) is 19.3 Å². The molecule has 3 nitrogen and oxygen atoms in total. The third-order valence-electron chi connectivity index (χ3n) is 5.02. The minimum atomic E-state index is -0.527. The van der Waals surface area contributed by atoms with Crippen LogP contribution < -0.4 is 0 Å². The lowest BCUT2D eigenvalue weighted by molar-refractivity contribution is -0.119. The molecule has 0 spiro atoms. The minimum Gasteiger partial charge on any atom is -0.388 e. The molecule has 1 aliphatic carbocycles. The number of ketones is 1. The summed E-state index contributed by atoms with van der Waals surface area (Å²) in [5.74, 6) is 0.460. The molecule has 1 aromatic rings. The van der Waals surface area contributed by atoms with Crippen LogP contribution in [-0.2, 0) is 4.79 Å². The Labute approximate surface area is 156 Å². The van der Waals surface area contributed by atoms with Crippen molar-refractivity contribution in [3.63, 3.8) is 0 Å². The average Bonchev–Trinajstić information content (AvgIpc) is 2.62. The molecule has 1 unspecified atom stereocenters. The van der Waals surface area contributed by atoms with Gasteiger partial charge in [0, 0.05) is 29.7 Å². The maximum atomic E-state index is 12.3. The summed E-state index contributed by atoms with van der Waals surface area (Å²) in [6.07, 6.45) is 9.40. The summed E-state index contributed by atoms with van der Waals surface area (Å²) in [5.41, 5.74) is 0.871. The van der Waals surface area contributed by atoms with Gasteiger partial charge in [-0.2, -0.15) is 0 Å². The fourth-order valence-electron chi connectivity index (χ4n) is 3.32. The molecule has 0 aliphatic heterocycles. The molecule has 1 N–H and O–H groups in total. The maximum absolute atomic E-state index is 12.3. The van der Waals surface area contributed by atoms with E-state index in [-0.39, 0.29) is 17.7 Å². The van der Waals surface area contributed by atoms with Crippen LogP contribution in [0.2, 0.25) is 5.02 Å². The van der Waals surface area contributed by atoms with Gasteiger partial charge in [0.1, 0.15) is 0 Å².